The predicted octanol–water partition coefficient (Wildman–Crippen LogP) is 6.49. The van der Waals surface area contributed by atoms with Gasteiger partial charge in [-0.05, 0) is 57.9 Å². The van der Waals surface area contributed by atoms with Crippen LogP contribution >= 0.6 is 0 Å². The molecule has 0 bridgehead atoms. The van der Waals surface area contributed by atoms with Gasteiger partial charge in [-0.15, -0.1) is 0 Å². The summed E-state index contributed by atoms with van der Waals surface area (Å²) >= 11 is 0. The fraction of sp³-hybridized carbons (Fsp3) is 0.385. The Morgan fingerprint density at radius 3 is 2.36 bits per heavy atom. The fourth-order valence-corrected chi connectivity index (χ4v) is 4.21. The van der Waals surface area contributed by atoms with Crippen LogP contribution in [0.4, 0.5) is 23.2 Å². The number of carbonyl (C=O) groups is 1. The van der Waals surface area contributed by atoms with Crippen LogP contribution in [-0.4, -0.2) is 32.4 Å². The highest BCUT2D eigenvalue weighted by atomic mass is 19.3. The predicted molar refractivity (Wildman–Crippen MR) is 125 cm³/mol. The van der Waals surface area contributed by atoms with Crippen molar-refractivity contribution < 1.29 is 27.2 Å². The summed E-state index contributed by atoms with van der Waals surface area (Å²) in [7, 11) is 0. The Balaban J connectivity index is 1.95. The Labute approximate surface area is 206 Å². The third kappa shape index (κ3) is 5.70. The van der Waals surface area contributed by atoms with Gasteiger partial charge in [0, 0.05) is 48.5 Å². The van der Waals surface area contributed by atoms with E-state index < -0.39 is 35.0 Å². The SMILES string of the molecule is CC(C)(C)ON(C(=O)c1cncnc1)c1c(-c2cc(F)ccc2F)ccnc1C1CCC(F)(F)CC1. The van der Waals surface area contributed by atoms with Crippen molar-refractivity contribution in [2.75, 3.05) is 5.06 Å². The van der Waals surface area contributed by atoms with Crippen LogP contribution in [0.5, 0.6) is 0 Å². The Morgan fingerprint density at radius 2 is 1.72 bits per heavy atom. The molecule has 0 atom stereocenters. The maximum absolute atomic E-state index is 15.0. The lowest BCUT2D eigenvalue weighted by Crippen LogP contribution is -2.40. The molecule has 1 aliphatic carbocycles. The van der Waals surface area contributed by atoms with Crippen molar-refractivity contribution in [2.24, 2.45) is 0 Å². The highest BCUT2D eigenvalue weighted by Gasteiger charge is 2.39. The number of amides is 1. The van der Waals surface area contributed by atoms with Gasteiger partial charge in [-0.2, -0.15) is 5.06 Å². The maximum Gasteiger partial charge on any atom is 0.285 e. The number of anilines is 1. The summed E-state index contributed by atoms with van der Waals surface area (Å²) in [6, 6.07) is 4.43. The van der Waals surface area contributed by atoms with Gasteiger partial charge in [-0.3, -0.25) is 14.6 Å². The van der Waals surface area contributed by atoms with E-state index in [1.807, 2.05) is 0 Å². The largest absolute Gasteiger partial charge is 0.285 e. The van der Waals surface area contributed by atoms with Crippen LogP contribution in [0.1, 0.15) is 68.4 Å². The molecule has 2 heterocycles. The molecule has 1 aliphatic rings. The van der Waals surface area contributed by atoms with Crippen LogP contribution < -0.4 is 5.06 Å². The topological polar surface area (TPSA) is 68.2 Å². The van der Waals surface area contributed by atoms with Crippen molar-refractivity contribution in [1.29, 1.82) is 0 Å². The van der Waals surface area contributed by atoms with Crippen molar-refractivity contribution in [2.45, 2.75) is 63.9 Å². The fourth-order valence-electron chi connectivity index (χ4n) is 4.21. The first kappa shape index (κ1) is 25.7. The molecule has 0 saturated heterocycles. The maximum atomic E-state index is 15.0. The Morgan fingerprint density at radius 1 is 1.06 bits per heavy atom. The van der Waals surface area contributed by atoms with Crippen LogP contribution in [0.25, 0.3) is 11.1 Å². The van der Waals surface area contributed by atoms with Crippen molar-refractivity contribution in [3.8, 4) is 11.1 Å². The molecular weight excluding hydrogens is 476 g/mol. The molecule has 36 heavy (non-hydrogen) atoms. The van der Waals surface area contributed by atoms with E-state index in [-0.39, 0.29) is 48.1 Å². The summed E-state index contributed by atoms with van der Waals surface area (Å²) in [6.45, 7) is 5.15. The number of alkyl halides is 2. The van der Waals surface area contributed by atoms with E-state index in [9.17, 15) is 22.4 Å². The lowest BCUT2D eigenvalue weighted by molar-refractivity contribution is -0.0388. The van der Waals surface area contributed by atoms with Crippen molar-refractivity contribution >= 4 is 11.6 Å². The number of aromatic nitrogens is 3. The Hall–Kier alpha value is -3.40. The van der Waals surface area contributed by atoms with Crippen LogP contribution in [0.2, 0.25) is 0 Å². The average molecular weight is 503 g/mol. The van der Waals surface area contributed by atoms with Crippen LogP contribution in [0, 0.1) is 11.6 Å². The standard InChI is InChI=1S/C26H26F4N4O2/c1-25(2,3)36-34(24(35)17-13-31-15-32-14-17)23-19(20-12-18(27)4-5-21(20)28)8-11-33-22(23)16-6-9-26(29,30)10-7-16/h4-5,8,11-16H,6-7,9-10H2,1-3H3. The van der Waals surface area contributed by atoms with E-state index in [4.69, 9.17) is 4.84 Å². The van der Waals surface area contributed by atoms with Gasteiger partial charge in [0.1, 0.15) is 23.6 Å². The van der Waals surface area contributed by atoms with Crippen LogP contribution in [0.3, 0.4) is 0 Å². The first-order valence-corrected chi connectivity index (χ1v) is 11.6. The van der Waals surface area contributed by atoms with E-state index in [1.54, 1.807) is 20.8 Å². The minimum atomic E-state index is -2.79. The number of rotatable bonds is 5. The third-order valence-electron chi connectivity index (χ3n) is 5.84. The summed E-state index contributed by atoms with van der Waals surface area (Å²) in [6.07, 6.45) is 4.77. The summed E-state index contributed by atoms with van der Waals surface area (Å²) in [5.41, 5.74) is -0.437. The van der Waals surface area contributed by atoms with Gasteiger partial charge in [0.05, 0.1) is 16.9 Å². The second-order valence-electron chi connectivity index (χ2n) is 9.78. The van der Waals surface area contributed by atoms with E-state index in [1.165, 1.54) is 31.0 Å². The molecule has 1 fully saturated rings. The zero-order valence-corrected chi connectivity index (χ0v) is 20.1. The zero-order chi connectivity index (χ0) is 26.1. The summed E-state index contributed by atoms with van der Waals surface area (Å²) in [5, 5.41) is 0.980. The summed E-state index contributed by atoms with van der Waals surface area (Å²) in [5.74, 6) is -5.32. The molecule has 0 unspecified atom stereocenters. The summed E-state index contributed by atoms with van der Waals surface area (Å²) in [4.78, 5) is 32.0. The quantitative estimate of drug-likeness (QED) is 0.295. The van der Waals surface area contributed by atoms with Gasteiger partial charge in [0.15, 0.2) is 0 Å². The van der Waals surface area contributed by atoms with E-state index in [2.05, 4.69) is 15.0 Å². The van der Waals surface area contributed by atoms with Gasteiger partial charge >= 0.3 is 0 Å². The number of hydrogen-bond donors (Lipinski definition) is 0. The minimum absolute atomic E-state index is 0.0704. The monoisotopic (exact) mass is 502 g/mol. The lowest BCUT2D eigenvalue weighted by atomic mass is 9.83. The molecule has 10 heteroatoms. The highest BCUT2D eigenvalue weighted by Crippen LogP contribution is 2.46. The van der Waals surface area contributed by atoms with Crippen LogP contribution in [0.15, 0.2) is 49.2 Å². The smallest absolute Gasteiger partial charge is 0.266 e. The number of pyridine rings is 1. The molecule has 0 spiro atoms. The minimum Gasteiger partial charge on any atom is -0.266 e. The molecule has 0 radical (unpaired) electrons. The molecule has 3 aromatic rings. The molecule has 0 N–H and O–H groups in total. The second-order valence-corrected chi connectivity index (χ2v) is 9.78. The Kier molecular flexibility index (Phi) is 7.08. The number of nitrogens with zero attached hydrogens (tertiary/aromatic N) is 4. The van der Waals surface area contributed by atoms with Crippen molar-refractivity contribution in [3.05, 3.63) is 72.1 Å². The van der Waals surface area contributed by atoms with Gasteiger partial charge in [-0.1, -0.05) is 0 Å². The van der Waals surface area contributed by atoms with E-state index >= 15 is 0 Å². The van der Waals surface area contributed by atoms with E-state index in [0.717, 1.165) is 23.3 Å². The van der Waals surface area contributed by atoms with Gasteiger partial charge in [-0.25, -0.2) is 27.5 Å². The summed E-state index contributed by atoms with van der Waals surface area (Å²) < 4.78 is 57.1. The number of benzene rings is 1. The number of hydrogen-bond acceptors (Lipinski definition) is 5. The average Bonchev–Trinajstić information content (AvgIpc) is 2.83. The molecular formula is C26H26F4N4O2. The molecule has 2 aromatic heterocycles. The highest BCUT2D eigenvalue weighted by molar-refractivity contribution is 6.07. The number of carbonyl (C=O) groups excluding carboxylic acids is 1. The van der Waals surface area contributed by atoms with Gasteiger partial charge < -0.3 is 0 Å². The molecule has 1 saturated carbocycles. The van der Waals surface area contributed by atoms with Gasteiger partial charge in [0.25, 0.3) is 5.91 Å². The third-order valence-corrected chi connectivity index (χ3v) is 5.84. The van der Waals surface area contributed by atoms with Crippen LogP contribution in [-0.2, 0) is 4.84 Å². The first-order valence-electron chi connectivity index (χ1n) is 11.6. The normalized spacial score (nSPS) is 16.1. The second kappa shape index (κ2) is 9.93. The van der Waals surface area contributed by atoms with Crippen molar-refractivity contribution in [1.82, 2.24) is 15.0 Å². The first-order chi connectivity index (χ1) is 17.0. The molecule has 1 aromatic carbocycles. The molecule has 0 aliphatic heterocycles. The number of hydroxylamine groups is 1. The Bertz CT molecular complexity index is 1240. The molecule has 4 rings (SSSR count). The van der Waals surface area contributed by atoms with Gasteiger partial charge in [0.2, 0.25) is 5.92 Å². The molecule has 190 valence electrons. The lowest BCUT2D eigenvalue weighted by Gasteiger charge is -2.35. The molecule has 6 nitrogen and oxygen atoms in total. The molecule has 1 amide bonds. The zero-order valence-electron chi connectivity index (χ0n) is 20.1. The van der Waals surface area contributed by atoms with E-state index in [0.29, 0.717) is 5.69 Å². The number of halogens is 4. The van der Waals surface area contributed by atoms with Crippen molar-refractivity contribution in [3.63, 3.8) is 0 Å².